The molecule has 0 aliphatic heterocycles. The van der Waals surface area contributed by atoms with Gasteiger partial charge < -0.3 is 8.98 Å². The summed E-state index contributed by atoms with van der Waals surface area (Å²) in [6.07, 6.45) is 0. The van der Waals surface area contributed by atoms with E-state index in [1.54, 1.807) is 11.3 Å². The minimum atomic E-state index is 0.639. The molecular weight excluding hydrogens is 717 g/mol. The van der Waals surface area contributed by atoms with Gasteiger partial charge in [-0.2, -0.15) is 0 Å². The first kappa shape index (κ1) is 31.9. The number of fused-ring (bicyclic) bond motifs is 9. The quantitative estimate of drug-likeness (QED) is 0.176. The molecule has 0 saturated heterocycles. The van der Waals surface area contributed by atoms with E-state index < -0.39 is 0 Å². The molecule has 266 valence electrons. The maximum atomic E-state index is 7.12. The Morgan fingerprint density at radius 1 is 0.368 bits per heavy atom. The minimum Gasteiger partial charge on any atom is -0.453 e. The van der Waals surface area contributed by atoms with Gasteiger partial charge in [0.1, 0.15) is 5.58 Å². The van der Waals surface area contributed by atoms with E-state index in [9.17, 15) is 0 Å². The first-order valence-electron chi connectivity index (χ1n) is 19.0. The highest BCUT2D eigenvalue weighted by atomic mass is 32.1. The van der Waals surface area contributed by atoms with Crippen molar-refractivity contribution < 1.29 is 4.42 Å². The van der Waals surface area contributed by atoms with Crippen molar-refractivity contribution in [2.45, 2.75) is 0 Å². The zero-order valence-electron chi connectivity index (χ0n) is 30.4. The molecule has 0 N–H and O–H groups in total. The molecule has 0 aliphatic rings. The summed E-state index contributed by atoms with van der Waals surface area (Å²) < 4.78 is 11.8. The van der Waals surface area contributed by atoms with Gasteiger partial charge in [0, 0.05) is 64.0 Å². The molecule has 8 aromatic carbocycles. The molecule has 0 spiro atoms. The Kier molecular flexibility index (Phi) is 7.03. The highest BCUT2D eigenvalue weighted by Crippen LogP contribution is 2.47. The Bertz CT molecular complexity index is 3420. The molecule has 0 atom stereocenters. The van der Waals surface area contributed by atoms with Gasteiger partial charge in [-0.1, -0.05) is 152 Å². The van der Waals surface area contributed by atoms with Gasteiger partial charge >= 0.3 is 0 Å². The van der Waals surface area contributed by atoms with Crippen LogP contribution in [0.25, 0.3) is 115 Å². The molecule has 12 aromatic rings. The van der Waals surface area contributed by atoms with E-state index in [1.165, 1.54) is 20.2 Å². The summed E-state index contributed by atoms with van der Waals surface area (Å²) in [6, 6.07) is 63.6. The molecule has 57 heavy (non-hydrogen) atoms. The van der Waals surface area contributed by atoms with Crippen LogP contribution in [0.3, 0.4) is 0 Å². The number of furan rings is 1. The molecule has 5 nitrogen and oxygen atoms in total. The molecule has 4 aromatic heterocycles. The number of benzene rings is 8. The third kappa shape index (κ3) is 4.91. The van der Waals surface area contributed by atoms with E-state index in [2.05, 4.69) is 126 Å². The summed E-state index contributed by atoms with van der Waals surface area (Å²) in [6.45, 7) is 0. The van der Waals surface area contributed by atoms with E-state index in [0.29, 0.717) is 17.5 Å². The average molecular weight is 747 g/mol. The van der Waals surface area contributed by atoms with Gasteiger partial charge in [0.25, 0.3) is 0 Å². The van der Waals surface area contributed by atoms with Crippen LogP contribution in [0.15, 0.2) is 186 Å². The summed E-state index contributed by atoms with van der Waals surface area (Å²) in [5.41, 5.74) is 10.1. The van der Waals surface area contributed by atoms with Gasteiger partial charge in [-0.15, -0.1) is 11.3 Å². The first-order chi connectivity index (χ1) is 28.3. The highest BCUT2D eigenvalue weighted by Gasteiger charge is 2.22. The molecule has 0 aliphatic carbocycles. The number of hydrogen-bond donors (Lipinski definition) is 0. The van der Waals surface area contributed by atoms with Gasteiger partial charge in [0.15, 0.2) is 23.1 Å². The van der Waals surface area contributed by atoms with E-state index in [1.807, 2.05) is 60.7 Å². The van der Waals surface area contributed by atoms with Crippen molar-refractivity contribution in [1.82, 2.24) is 19.5 Å². The lowest BCUT2D eigenvalue weighted by atomic mass is 9.95. The normalized spacial score (nSPS) is 11.9. The van der Waals surface area contributed by atoms with Crippen molar-refractivity contribution in [3.8, 4) is 51.0 Å². The molecular formula is C51H30N4OS. The Balaban J connectivity index is 1.11. The Labute approximate surface area is 330 Å². The van der Waals surface area contributed by atoms with E-state index >= 15 is 0 Å². The average Bonchev–Trinajstić information content (AvgIpc) is 3.97. The maximum absolute atomic E-state index is 7.12. The van der Waals surface area contributed by atoms with Crippen molar-refractivity contribution in [2.24, 2.45) is 0 Å². The monoisotopic (exact) mass is 746 g/mol. The molecule has 4 heterocycles. The number of nitrogens with zero attached hydrogens (tertiary/aromatic N) is 4. The molecule has 0 fully saturated rings. The summed E-state index contributed by atoms with van der Waals surface area (Å²) in [4.78, 5) is 15.3. The van der Waals surface area contributed by atoms with Crippen LogP contribution in [-0.4, -0.2) is 19.5 Å². The second kappa shape index (κ2) is 12.6. The second-order valence-electron chi connectivity index (χ2n) is 14.3. The fraction of sp³-hybridized carbons (Fsp3) is 0. The Morgan fingerprint density at radius 2 is 0.842 bits per heavy atom. The molecule has 0 saturated carbocycles. The smallest absolute Gasteiger partial charge is 0.164 e. The minimum absolute atomic E-state index is 0.639. The lowest BCUT2D eigenvalue weighted by Gasteiger charge is -2.11. The predicted octanol–water partition coefficient (Wildman–Crippen LogP) is 13.9. The lowest BCUT2D eigenvalue weighted by Crippen LogP contribution is -2.00. The van der Waals surface area contributed by atoms with E-state index in [0.717, 1.165) is 77.2 Å². The molecule has 0 unspecified atom stereocenters. The van der Waals surface area contributed by atoms with Gasteiger partial charge in [-0.3, -0.25) is 0 Å². The SMILES string of the molecule is c1ccc(-c2nc(-c3ccccc3)nc(-c3cccc4sc5cccc(-c6cccc7c6oc6c(-n8c9ccccc9c9ccccc98)cccc67)c5c34)n2)cc1. The fourth-order valence-corrected chi connectivity index (χ4v) is 9.74. The molecule has 12 rings (SSSR count). The van der Waals surface area contributed by atoms with E-state index in [-0.39, 0.29) is 0 Å². The summed E-state index contributed by atoms with van der Waals surface area (Å²) in [5.74, 6) is 1.92. The standard InChI is InChI=1S/C51H30N4OS/c1-3-15-31(16-4-1)49-52-50(32-17-5-2-6-18-32)54-51(53-49)39-25-14-30-44-46(39)45-35(21-13-29-43(45)57-44)36-22-11-23-37-38-24-12-28-42(48(38)56-47(36)37)55-40-26-9-7-19-33(40)34-20-8-10-27-41(34)55/h1-30H. The van der Waals surface area contributed by atoms with Crippen molar-refractivity contribution in [2.75, 3.05) is 0 Å². The zero-order valence-corrected chi connectivity index (χ0v) is 31.2. The van der Waals surface area contributed by atoms with E-state index in [4.69, 9.17) is 19.4 Å². The third-order valence-corrected chi connectivity index (χ3v) is 12.2. The Hall–Kier alpha value is -7.41. The Morgan fingerprint density at radius 3 is 1.49 bits per heavy atom. The number of thiophene rings is 1. The predicted molar refractivity (Wildman–Crippen MR) is 236 cm³/mol. The fourth-order valence-electron chi connectivity index (χ4n) is 8.58. The van der Waals surface area contributed by atoms with Crippen molar-refractivity contribution in [3.63, 3.8) is 0 Å². The van der Waals surface area contributed by atoms with Gasteiger partial charge in [0.05, 0.1) is 16.7 Å². The van der Waals surface area contributed by atoms with Crippen LogP contribution in [0.5, 0.6) is 0 Å². The molecule has 0 amide bonds. The zero-order chi connectivity index (χ0) is 37.5. The highest BCUT2D eigenvalue weighted by molar-refractivity contribution is 7.26. The molecule has 0 bridgehead atoms. The van der Waals surface area contributed by atoms with Crippen molar-refractivity contribution in [3.05, 3.63) is 182 Å². The van der Waals surface area contributed by atoms with Crippen LogP contribution in [0.2, 0.25) is 0 Å². The summed E-state index contributed by atoms with van der Waals surface area (Å²) >= 11 is 1.79. The summed E-state index contributed by atoms with van der Waals surface area (Å²) in [5, 5.41) is 6.89. The lowest BCUT2D eigenvalue weighted by molar-refractivity contribution is 0.667. The second-order valence-corrected chi connectivity index (χ2v) is 15.4. The third-order valence-electron chi connectivity index (χ3n) is 11.1. The van der Waals surface area contributed by atoms with Crippen LogP contribution >= 0.6 is 11.3 Å². The largest absolute Gasteiger partial charge is 0.453 e. The first-order valence-corrected chi connectivity index (χ1v) is 19.8. The van der Waals surface area contributed by atoms with Gasteiger partial charge in [-0.05, 0) is 35.9 Å². The number of aromatic nitrogens is 4. The van der Waals surface area contributed by atoms with Crippen molar-refractivity contribution >= 4 is 75.3 Å². The molecule has 6 heteroatoms. The van der Waals surface area contributed by atoms with Gasteiger partial charge in [0.2, 0.25) is 0 Å². The van der Waals surface area contributed by atoms with Crippen LogP contribution in [0.4, 0.5) is 0 Å². The number of para-hydroxylation sites is 4. The maximum Gasteiger partial charge on any atom is 0.164 e. The topological polar surface area (TPSA) is 56.7 Å². The van der Waals surface area contributed by atoms with Crippen molar-refractivity contribution in [1.29, 1.82) is 0 Å². The number of hydrogen-bond acceptors (Lipinski definition) is 5. The number of rotatable bonds is 5. The molecule has 0 radical (unpaired) electrons. The van der Waals surface area contributed by atoms with Crippen LogP contribution in [0.1, 0.15) is 0 Å². The van der Waals surface area contributed by atoms with Crippen LogP contribution < -0.4 is 0 Å². The van der Waals surface area contributed by atoms with Crippen LogP contribution in [0, 0.1) is 0 Å². The van der Waals surface area contributed by atoms with Gasteiger partial charge in [-0.25, -0.2) is 15.0 Å². The van der Waals surface area contributed by atoms with Crippen LogP contribution in [-0.2, 0) is 0 Å². The summed E-state index contributed by atoms with van der Waals surface area (Å²) in [7, 11) is 0.